The molecule has 9 aromatic rings. The fourth-order valence-corrected chi connectivity index (χ4v) is 29.7. The molecule has 12 aliphatic rings. The highest BCUT2D eigenvalue weighted by atomic mass is 32.7. The molecule has 0 spiro atoms. The smallest absolute Gasteiger partial charge is 0.386 e. The van der Waals surface area contributed by atoms with Gasteiger partial charge in [-0.25, -0.2) is 67.0 Å². The van der Waals surface area contributed by atoms with E-state index >= 15 is 17.6 Å². The molecule has 6 unspecified atom stereocenters. The Balaban J connectivity index is 0.000000129. The molecule has 15 N–H and O–H groups in total. The quantitative estimate of drug-likeness (QED) is 0.0638. The Hall–Kier alpha value is -6.14. The van der Waals surface area contributed by atoms with E-state index in [0.717, 1.165) is 35.3 Å². The van der Waals surface area contributed by atoms with Gasteiger partial charge in [-0.2, -0.15) is 15.0 Å². The van der Waals surface area contributed by atoms with Gasteiger partial charge in [-0.05, 0) is 59.0 Å². The first-order valence-electron chi connectivity index (χ1n) is 39.2. The molecule has 134 heavy (non-hydrogen) atoms. The number of thiol groups is 1. The van der Waals surface area contributed by atoms with Gasteiger partial charge in [0.1, 0.15) is 83.5 Å². The van der Waals surface area contributed by atoms with E-state index in [0.29, 0.717) is 5.82 Å². The SMILES string of the molecule is Nc1nc2c(ncn2[C@@H]2S[C@@H]3COP(O)(=S)O[C@H]4C[C@H](n5cnc6c5N=CCC6=O)O[C@@H]4COP(=O)(S)O[C@@H]2[C@@H]3F)c(=O)[nH]1.Nc1nc2c(ncn2[C@@H]2S[C@@H]3COP(O)(=S)O[C@H]4[C@H](F)[C@H](n5cnc6c5N=CCC6=O)O[C@@H]4COP(O)(=S)O[C@@H]2[C@@H]3F)c(=O)[nH]1.Nc1nc2c(ncn2[C@@H]2S[C@@H]3COP(O)(=S)O[C@H]4[C@H](F)[C@H](n5cnc6c5N=CCC6=O)O[C@@H]4COP(O)(=S)O[C@@H]2[C@@H]3O)c(=O)[nH]1. The zero-order chi connectivity index (χ0) is 94.6. The summed E-state index contributed by atoms with van der Waals surface area (Å²) in [5, 5.41) is 5.33. The molecule has 0 radical (unpaired) electrons. The summed E-state index contributed by atoms with van der Waals surface area (Å²) in [6.07, 6.45) is -12.9. The van der Waals surface area contributed by atoms with Crippen molar-refractivity contribution in [2.24, 2.45) is 15.0 Å². The number of anilines is 3. The lowest BCUT2D eigenvalue weighted by atomic mass is 10.1. The number of thioether (sulfide) groups is 3. The number of carbonyl (C=O) groups is 3. The zero-order valence-corrected chi connectivity index (χ0v) is 79.7. The van der Waals surface area contributed by atoms with Crippen LogP contribution in [0.15, 0.2) is 67.3 Å². The molecule has 6 bridgehead atoms. The van der Waals surface area contributed by atoms with Crippen LogP contribution in [0.2, 0.25) is 0 Å². The number of ketones is 3. The molecule has 0 saturated carbocycles. The van der Waals surface area contributed by atoms with Gasteiger partial charge in [-0.15, -0.1) is 35.3 Å². The summed E-state index contributed by atoms with van der Waals surface area (Å²) in [6.45, 7) is -28.3. The molecule has 29 atom stereocenters. The Morgan fingerprint density at radius 1 is 0.410 bits per heavy atom. The largest absolute Gasteiger partial charge is 0.389 e. The van der Waals surface area contributed by atoms with Crippen molar-refractivity contribution in [1.82, 2.24) is 87.2 Å². The average Bonchev–Trinajstić information content (AvgIpc) is 1.62. The van der Waals surface area contributed by atoms with Crippen molar-refractivity contribution in [3.63, 3.8) is 0 Å². The first-order chi connectivity index (χ1) is 63.5. The number of fused-ring (bicyclic) bond motifs is 15. The highest BCUT2D eigenvalue weighted by Gasteiger charge is 2.58. The molecule has 21 heterocycles. The maximum absolute atomic E-state index is 16.0. The minimum absolute atomic E-state index is 0.00922. The monoisotopic (exact) mass is 2160 g/mol. The molecule has 0 amide bonds. The number of imidazole rings is 6. The van der Waals surface area contributed by atoms with Crippen LogP contribution in [-0.4, -0.2) is 294 Å². The van der Waals surface area contributed by atoms with Gasteiger partial charge in [0, 0.05) is 44.3 Å². The number of aliphatic imine (C=N–C) groups is 3. The van der Waals surface area contributed by atoms with Gasteiger partial charge in [0.05, 0.1) is 106 Å². The second-order valence-electron chi connectivity index (χ2n) is 30.7. The van der Waals surface area contributed by atoms with E-state index in [1.165, 1.54) is 84.0 Å². The number of rotatable bonds is 6. The lowest BCUT2D eigenvalue weighted by molar-refractivity contribution is -0.0458. The van der Waals surface area contributed by atoms with Gasteiger partial charge >= 0.3 is 40.4 Å². The Kier molecular flexibility index (Phi) is 27.0. The van der Waals surface area contributed by atoms with Gasteiger partial charge in [-0.1, -0.05) is 12.2 Å². The van der Waals surface area contributed by atoms with E-state index in [4.69, 9.17) is 145 Å². The van der Waals surface area contributed by atoms with E-state index in [1.54, 1.807) is 0 Å². The van der Waals surface area contributed by atoms with E-state index in [9.17, 15) is 62.9 Å². The number of nitrogens with two attached hydrogens (primary N) is 3. The molecule has 52 nitrogen and oxygen atoms in total. The van der Waals surface area contributed by atoms with Gasteiger partial charge in [0.2, 0.25) is 17.8 Å². The number of halogens is 4. The number of hydrogen-bond acceptors (Lipinski definition) is 46. The number of hydrogen-bond donors (Lipinski definition) is 13. The molecule has 9 fully saturated rings. The van der Waals surface area contributed by atoms with E-state index in [-0.39, 0.29) is 123 Å². The molecule has 720 valence electrons. The summed E-state index contributed by atoms with van der Waals surface area (Å²) in [7, 11) is 0. The number of ether oxygens (including phenoxy) is 3. The van der Waals surface area contributed by atoms with Crippen LogP contribution in [0.4, 0.5) is 52.9 Å². The number of Topliss-reactive ketones (excluding diaryl/α,β-unsaturated/α-hetero) is 3. The first kappa shape index (κ1) is 96.7. The number of aromatic nitrogens is 18. The van der Waals surface area contributed by atoms with Crippen molar-refractivity contribution in [1.29, 1.82) is 0 Å². The molecular weight excluding hydrogens is 2090 g/mol. The van der Waals surface area contributed by atoms with Crippen LogP contribution in [-0.2, 0) is 132 Å². The number of aliphatic hydroxyl groups is 1. The molecule has 0 aliphatic carbocycles. The van der Waals surface area contributed by atoms with Crippen LogP contribution in [0.5, 0.6) is 0 Å². The molecule has 12 aliphatic heterocycles. The minimum atomic E-state index is -4.29. The highest BCUT2D eigenvalue weighted by Crippen LogP contribution is 2.64. The molecule has 21 rings (SSSR count). The third kappa shape index (κ3) is 19.2. The molecule has 0 aromatic carbocycles. The fourth-order valence-electron chi connectivity index (χ4n) is 16.1. The highest BCUT2D eigenvalue weighted by molar-refractivity contribution is 8.44. The van der Waals surface area contributed by atoms with Crippen LogP contribution in [0.3, 0.4) is 0 Å². The standard InChI is InChI=1S/C21H22F2N8O9P2S3.C21H23FN8O10P2S3.C21H23FN8O9P2S3/c22-10-9-4-37-42(35,44)39-14-8(38-19(11(14)23)30-5-26-12-7(32)1-2-25-16(12)30)3-36-41(34,43)40-15(10)20(45-9)31-6-27-13-17(31)28-21(24)29-18(13)33;22-10-14-8(38-19(10)29-5-25-11-7(31)1-2-24-16(11)29)3-36-41(34,43)40-15-13(32)9(4-37-42(35,44)39-14)45-20(15)30-6-26-12-17(30)27-21(23)28-18(12)33;22-13-11-5-36-40(33,42)38-9-3-12(29-6-25-14-8(31)1-2-24-17(14)29)37-10(9)4-35-41(34,43)39-16(13)20(44-11)30-7-26-15-18(30)27-21(23)28-19(15)32/h2,5-6,8-11,14-15,19-20H,1,3-4H2,(H,34,43)(H,35,44)(H3,24,28,29,33);2,5-6,8-10,13-15,19-20,32H,1,3-4H2,(H,34,43)(H,35,44)(H3,23,27,28,33);2,6-7,9-13,16,20H,1,3-5H2,(H,33,42)(H,34,43)(H3,23,27,28,32)/t8-,9-,10-,11+,14-,15-,19-,20-,41?,42?;8-,9-,10+,13-,14-,15-,19-,20-,41?,42?;9-,10+,11+,12+,13+,16+,20+,40?,41?/m110/s1. The molecule has 9 saturated heterocycles. The number of nitrogen functional groups attached to an aromatic ring is 3. The van der Waals surface area contributed by atoms with Gasteiger partial charge in [0.15, 0.2) is 110 Å². The van der Waals surface area contributed by atoms with E-state index < -0.39 is 233 Å². The van der Waals surface area contributed by atoms with Gasteiger partial charge in [0.25, 0.3) is 16.7 Å². The van der Waals surface area contributed by atoms with Crippen LogP contribution in [0, 0.1) is 0 Å². The van der Waals surface area contributed by atoms with Crippen molar-refractivity contribution >= 4 is 252 Å². The number of nitrogens with one attached hydrogen (secondary N) is 3. The van der Waals surface area contributed by atoms with Gasteiger partial charge in [-0.3, -0.25) is 98.3 Å². The second kappa shape index (κ2) is 37.4. The second-order valence-corrected chi connectivity index (χ2v) is 51.6. The van der Waals surface area contributed by atoms with Crippen molar-refractivity contribution < 1.29 is 135 Å². The number of aliphatic hydroxyl groups excluding tert-OH is 1. The van der Waals surface area contributed by atoms with Crippen LogP contribution in [0.25, 0.3) is 33.5 Å². The van der Waals surface area contributed by atoms with E-state index in [2.05, 4.69) is 87.0 Å². The van der Waals surface area contributed by atoms with Crippen LogP contribution in [0.1, 0.15) is 92.0 Å². The summed E-state index contributed by atoms with van der Waals surface area (Å²) >= 11 is 33.2. The molecular formula is C63H68F4N24O28P6S9. The summed E-state index contributed by atoms with van der Waals surface area (Å²) in [5.41, 5.74) is 15.5. The Labute approximate surface area is 788 Å². The number of H-pyrrole nitrogens is 3. The van der Waals surface area contributed by atoms with Crippen molar-refractivity contribution in [3.05, 3.63) is 86.1 Å². The molecule has 71 heteroatoms. The summed E-state index contributed by atoms with van der Waals surface area (Å²) in [4.78, 5) is 185. The van der Waals surface area contributed by atoms with Gasteiger partial charge < -0.3 is 88.1 Å². The maximum Gasteiger partial charge on any atom is 0.386 e. The topological polar surface area (TPSA) is 687 Å². The van der Waals surface area contributed by atoms with E-state index in [1.807, 2.05) is 0 Å². The molecule has 9 aromatic heterocycles. The lowest BCUT2D eigenvalue weighted by Gasteiger charge is -2.28. The predicted octanol–water partition coefficient (Wildman–Crippen LogP) is 3.87. The Morgan fingerprint density at radius 3 is 1.17 bits per heavy atom. The fraction of sp³-hybridized carbons (Fsp3) is 0.524. The number of nitrogens with zero attached hydrogens (tertiary/aromatic N) is 18. The summed E-state index contributed by atoms with van der Waals surface area (Å²) in [5.74, 6) is -0.998. The first-order valence-corrected chi connectivity index (χ1v) is 57.7. The van der Waals surface area contributed by atoms with Crippen molar-refractivity contribution in [2.45, 2.75) is 162 Å². The third-order valence-electron chi connectivity index (χ3n) is 22.1. The van der Waals surface area contributed by atoms with Crippen molar-refractivity contribution in [2.75, 3.05) is 56.8 Å². The number of aromatic amines is 3. The van der Waals surface area contributed by atoms with Crippen LogP contribution >= 0.6 is 87.9 Å². The number of carbonyl (C=O) groups excluding carboxylic acids is 3. The maximum atomic E-state index is 16.0. The lowest BCUT2D eigenvalue weighted by Crippen LogP contribution is -2.35. The average molecular weight is 2160 g/mol. The van der Waals surface area contributed by atoms with Crippen molar-refractivity contribution in [3.8, 4) is 0 Å². The minimum Gasteiger partial charge on any atom is -0.389 e. The Morgan fingerprint density at radius 2 is 0.746 bits per heavy atom. The zero-order valence-electron chi connectivity index (χ0n) is 66.9. The summed E-state index contributed by atoms with van der Waals surface area (Å²) in [6, 6.07) is 0. The number of alkyl halides is 4. The third-order valence-corrected chi connectivity index (χ3v) is 36.1. The summed E-state index contributed by atoms with van der Waals surface area (Å²) < 4.78 is 171. The van der Waals surface area contributed by atoms with Crippen LogP contribution < -0.4 is 33.9 Å². The normalized spacial score (nSPS) is 38.4. The Bertz CT molecular complexity index is 6580. The predicted molar refractivity (Wildman–Crippen MR) is 483 cm³/mol.